The van der Waals surface area contributed by atoms with E-state index in [1.165, 1.54) is 12.8 Å². The third-order valence-corrected chi connectivity index (χ3v) is 4.19. The van der Waals surface area contributed by atoms with Gasteiger partial charge in [0, 0.05) is 23.6 Å². The van der Waals surface area contributed by atoms with Gasteiger partial charge in [0.1, 0.15) is 5.75 Å². The van der Waals surface area contributed by atoms with Crippen molar-refractivity contribution in [2.24, 2.45) is 5.92 Å². The van der Waals surface area contributed by atoms with E-state index >= 15 is 0 Å². The van der Waals surface area contributed by atoms with Gasteiger partial charge in [-0.05, 0) is 68.4 Å². The van der Waals surface area contributed by atoms with Crippen molar-refractivity contribution in [3.63, 3.8) is 0 Å². The van der Waals surface area contributed by atoms with Crippen molar-refractivity contribution < 1.29 is 9.53 Å². The van der Waals surface area contributed by atoms with Gasteiger partial charge in [-0.1, -0.05) is 6.07 Å². The summed E-state index contributed by atoms with van der Waals surface area (Å²) in [5.74, 6) is 1.36. The monoisotopic (exact) mass is 310 g/mol. The van der Waals surface area contributed by atoms with E-state index in [0.717, 1.165) is 34.7 Å². The first-order valence-electron chi connectivity index (χ1n) is 8.00. The number of carbonyl (C=O) groups is 1. The Labute approximate surface area is 136 Å². The summed E-state index contributed by atoms with van der Waals surface area (Å²) in [7, 11) is 0. The van der Waals surface area contributed by atoms with Crippen LogP contribution in [-0.2, 0) is 0 Å². The zero-order valence-electron chi connectivity index (χ0n) is 13.8. The second-order valence-corrected chi connectivity index (χ2v) is 6.34. The lowest BCUT2D eigenvalue weighted by atomic mass is 10.1. The largest absolute Gasteiger partial charge is 0.493 e. The van der Waals surface area contributed by atoms with Crippen molar-refractivity contribution in [1.82, 2.24) is 4.98 Å². The Kier molecular flexibility index (Phi) is 4.33. The average molecular weight is 310 g/mol. The van der Waals surface area contributed by atoms with Gasteiger partial charge >= 0.3 is 0 Å². The Morgan fingerprint density at radius 1 is 1.17 bits per heavy atom. The maximum absolute atomic E-state index is 12.5. The van der Waals surface area contributed by atoms with E-state index in [4.69, 9.17) is 4.74 Å². The van der Waals surface area contributed by atoms with Crippen LogP contribution in [0.15, 0.2) is 30.6 Å². The maximum Gasteiger partial charge on any atom is 0.255 e. The van der Waals surface area contributed by atoms with E-state index in [9.17, 15) is 4.79 Å². The molecule has 1 aliphatic rings. The summed E-state index contributed by atoms with van der Waals surface area (Å²) in [5.41, 5.74) is 4.40. The number of nitrogens with zero attached hydrogens (tertiary/aromatic N) is 1. The van der Waals surface area contributed by atoms with Crippen LogP contribution in [0.1, 0.15) is 39.9 Å². The molecule has 1 fully saturated rings. The molecule has 1 N–H and O–H groups in total. The molecule has 0 spiro atoms. The van der Waals surface area contributed by atoms with Gasteiger partial charge in [-0.15, -0.1) is 0 Å². The minimum Gasteiger partial charge on any atom is -0.493 e. The fourth-order valence-corrected chi connectivity index (χ4v) is 2.47. The second-order valence-electron chi connectivity index (χ2n) is 6.34. The molecule has 0 radical (unpaired) electrons. The van der Waals surface area contributed by atoms with E-state index in [2.05, 4.69) is 10.3 Å². The Balaban J connectivity index is 1.77. The van der Waals surface area contributed by atoms with Crippen molar-refractivity contribution in [3.8, 4) is 5.75 Å². The lowest BCUT2D eigenvalue weighted by Gasteiger charge is -2.13. The molecule has 3 rings (SSSR count). The number of aryl methyl sites for hydroxylation is 3. The maximum atomic E-state index is 12.5. The molecule has 2 aromatic rings. The number of amides is 1. The van der Waals surface area contributed by atoms with Crippen LogP contribution in [-0.4, -0.2) is 17.5 Å². The number of aromatic nitrogens is 1. The lowest BCUT2D eigenvalue weighted by Crippen LogP contribution is -2.14. The van der Waals surface area contributed by atoms with E-state index < -0.39 is 0 Å². The highest BCUT2D eigenvalue weighted by molar-refractivity contribution is 6.05. The topological polar surface area (TPSA) is 51.2 Å². The molecule has 0 atom stereocenters. The Hall–Kier alpha value is -2.36. The number of pyridine rings is 1. The number of rotatable bonds is 5. The van der Waals surface area contributed by atoms with Crippen molar-refractivity contribution in [3.05, 3.63) is 52.8 Å². The van der Waals surface area contributed by atoms with E-state index in [-0.39, 0.29) is 5.91 Å². The Bertz CT molecular complexity index is 716. The summed E-state index contributed by atoms with van der Waals surface area (Å²) in [6.07, 6.45) is 6.00. The SMILES string of the molecule is Cc1ccc(C(=O)Nc2c(C)cncc2C)cc1OCC1CC1. The summed E-state index contributed by atoms with van der Waals surface area (Å²) in [4.78, 5) is 16.7. The predicted molar refractivity (Wildman–Crippen MR) is 91.1 cm³/mol. The zero-order chi connectivity index (χ0) is 16.4. The fraction of sp³-hybridized carbons (Fsp3) is 0.368. The number of ether oxygens (including phenoxy) is 1. The fourth-order valence-electron chi connectivity index (χ4n) is 2.47. The highest BCUT2D eigenvalue weighted by Crippen LogP contribution is 2.30. The molecule has 0 unspecified atom stereocenters. The normalized spacial score (nSPS) is 13.7. The Morgan fingerprint density at radius 3 is 2.52 bits per heavy atom. The van der Waals surface area contributed by atoms with Crippen LogP contribution < -0.4 is 10.1 Å². The molecule has 1 aromatic carbocycles. The summed E-state index contributed by atoms with van der Waals surface area (Å²) in [6.45, 7) is 6.62. The molecular formula is C19H22N2O2. The summed E-state index contributed by atoms with van der Waals surface area (Å²) in [5, 5.41) is 2.98. The smallest absolute Gasteiger partial charge is 0.255 e. The molecule has 4 nitrogen and oxygen atoms in total. The van der Waals surface area contributed by atoms with Gasteiger partial charge in [0.05, 0.1) is 6.61 Å². The van der Waals surface area contributed by atoms with Gasteiger partial charge in [-0.2, -0.15) is 0 Å². The first-order valence-corrected chi connectivity index (χ1v) is 8.00. The van der Waals surface area contributed by atoms with Crippen LogP contribution in [0.2, 0.25) is 0 Å². The third-order valence-electron chi connectivity index (χ3n) is 4.19. The van der Waals surface area contributed by atoms with Gasteiger partial charge in [0.25, 0.3) is 5.91 Å². The van der Waals surface area contributed by atoms with Gasteiger partial charge in [0.15, 0.2) is 0 Å². The highest BCUT2D eigenvalue weighted by Gasteiger charge is 2.22. The van der Waals surface area contributed by atoms with Crippen LogP contribution >= 0.6 is 0 Å². The number of benzene rings is 1. The molecule has 1 heterocycles. The third kappa shape index (κ3) is 3.70. The molecule has 0 bridgehead atoms. The molecule has 120 valence electrons. The molecule has 0 saturated heterocycles. The lowest BCUT2D eigenvalue weighted by molar-refractivity contribution is 0.102. The number of hydrogen-bond acceptors (Lipinski definition) is 3. The molecule has 0 aliphatic heterocycles. The minimum atomic E-state index is -0.126. The van der Waals surface area contributed by atoms with Crippen LogP contribution in [0, 0.1) is 26.7 Å². The predicted octanol–water partition coefficient (Wildman–Crippen LogP) is 4.05. The zero-order valence-corrected chi connectivity index (χ0v) is 13.8. The summed E-state index contributed by atoms with van der Waals surface area (Å²) in [6, 6.07) is 5.60. The average Bonchev–Trinajstić information content (AvgIpc) is 3.34. The quantitative estimate of drug-likeness (QED) is 0.906. The number of hydrogen-bond donors (Lipinski definition) is 1. The molecule has 4 heteroatoms. The molecular weight excluding hydrogens is 288 g/mol. The molecule has 1 amide bonds. The van der Waals surface area contributed by atoms with Crippen molar-refractivity contribution in [1.29, 1.82) is 0 Å². The summed E-state index contributed by atoms with van der Waals surface area (Å²) < 4.78 is 5.86. The summed E-state index contributed by atoms with van der Waals surface area (Å²) >= 11 is 0. The Morgan fingerprint density at radius 2 is 1.87 bits per heavy atom. The van der Waals surface area contributed by atoms with Crippen LogP contribution in [0.25, 0.3) is 0 Å². The first kappa shape index (κ1) is 15.5. The second kappa shape index (κ2) is 6.41. The molecule has 23 heavy (non-hydrogen) atoms. The van der Waals surface area contributed by atoms with Gasteiger partial charge in [-0.25, -0.2) is 0 Å². The van der Waals surface area contributed by atoms with Crippen LogP contribution in [0.4, 0.5) is 5.69 Å². The molecule has 1 aliphatic carbocycles. The van der Waals surface area contributed by atoms with Crippen molar-refractivity contribution >= 4 is 11.6 Å². The standard InChI is InChI=1S/C19H22N2O2/c1-12-4-7-16(8-17(12)23-11-15-5-6-15)19(22)21-18-13(2)9-20-10-14(18)3/h4,7-10,15H,5-6,11H2,1-3H3,(H,20,21,22). The van der Waals surface area contributed by atoms with Crippen LogP contribution in [0.5, 0.6) is 5.75 Å². The number of anilines is 1. The van der Waals surface area contributed by atoms with E-state index in [0.29, 0.717) is 11.5 Å². The van der Waals surface area contributed by atoms with Crippen LogP contribution in [0.3, 0.4) is 0 Å². The van der Waals surface area contributed by atoms with Gasteiger partial charge in [-0.3, -0.25) is 9.78 Å². The molecule has 1 aromatic heterocycles. The van der Waals surface area contributed by atoms with Crippen molar-refractivity contribution in [2.75, 3.05) is 11.9 Å². The molecule has 1 saturated carbocycles. The van der Waals surface area contributed by atoms with E-state index in [1.54, 1.807) is 12.4 Å². The van der Waals surface area contributed by atoms with Crippen molar-refractivity contribution in [2.45, 2.75) is 33.6 Å². The van der Waals surface area contributed by atoms with Gasteiger partial charge < -0.3 is 10.1 Å². The minimum absolute atomic E-state index is 0.126. The number of nitrogens with one attached hydrogen (secondary N) is 1. The highest BCUT2D eigenvalue weighted by atomic mass is 16.5. The number of carbonyl (C=O) groups excluding carboxylic acids is 1. The first-order chi connectivity index (χ1) is 11.0. The van der Waals surface area contributed by atoms with E-state index in [1.807, 2.05) is 39.0 Å². The van der Waals surface area contributed by atoms with Gasteiger partial charge in [0.2, 0.25) is 0 Å².